The SMILES string of the molecule is CCC[C@H](c1ccc(C(=O)NCCC(=O)O)cc1)C(c1ccc(OC(F)(F)F)cc1)c1csc2c(C#N)cc(F)cc12. The van der Waals surface area contributed by atoms with Gasteiger partial charge in [0.1, 0.15) is 17.6 Å². The van der Waals surface area contributed by atoms with Crippen LogP contribution in [-0.2, 0) is 4.79 Å². The van der Waals surface area contributed by atoms with E-state index in [0.29, 0.717) is 27.6 Å². The fourth-order valence-electron chi connectivity index (χ4n) is 5.05. The molecule has 1 amide bonds. The first kappa shape index (κ1) is 30.5. The molecule has 4 rings (SSSR count). The Morgan fingerprint density at radius 2 is 1.74 bits per heavy atom. The van der Waals surface area contributed by atoms with Gasteiger partial charge >= 0.3 is 12.3 Å². The summed E-state index contributed by atoms with van der Waals surface area (Å²) in [6.07, 6.45) is -3.66. The van der Waals surface area contributed by atoms with Crippen molar-refractivity contribution in [2.24, 2.45) is 0 Å². The zero-order chi connectivity index (χ0) is 30.4. The minimum atomic E-state index is -4.85. The number of nitriles is 1. The number of rotatable bonds is 11. The maximum atomic E-state index is 14.6. The zero-order valence-corrected chi connectivity index (χ0v) is 23.2. The van der Waals surface area contributed by atoms with Crippen molar-refractivity contribution in [2.45, 2.75) is 44.4 Å². The average Bonchev–Trinajstić information content (AvgIpc) is 3.35. The molecule has 0 aliphatic rings. The third-order valence-electron chi connectivity index (χ3n) is 6.82. The number of alkyl halides is 3. The summed E-state index contributed by atoms with van der Waals surface area (Å²) in [6.45, 7) is 1.98. The summed E-state index contributed by atoms with van der Waals surface area (Å²) in [6, 6.07) is 17.0. The van der Waals surface area contributed by atoms with E-state index in [1.54, 1.807) is 36.4 Å². The van der Waals surface area contributed by atoms with Crippen molar-refractivity contribution < 1.29 is 37.0 Å². The number of thiophene rings is 1. The monoisotopic (exact) mass is 598 g/mol. The van der Waals surface area contributed by atoms with Gasteiger partial charge in [0.05, 0.1) is 16.7 Å². The fourth-order valence-corrected chi connectivity index (χ4v) is 6.11. The van der Waals surface area contributed by atoms with Crippen molar-refractivity contribution in [3.63, 3.8) is 0 Å². The smallest absolute Gasteiger partial charge is 0.481 e. The van der Waals surface area contributed by atoms with Gasteiger partial charge in [0.2, 0.25) is 0 Å². The second kappa shape index (κ2) is 13.0. The second-order valence-corrected chi connectivity index (χ2v) is 10.5. The number of ether oxygens (including phenoxy) is 1. The van der Waals surface area contributed by atoms with Crippen molar-refractivity contribution in [2.75, 3.05) is 6.54 Å². The Labute approximate surface area is 243 Å². The van der Waals surface area contributed by atoms with Gasteiger partial charge in [-0.15, -0.1) is 24.5 Å². The van der Waals surface area contributed by atoms with E-state index >= 15 is 0 Å². The number of carboxylic acid groups (broad SMARTS) is 1. The first-order valence-corrected chi connectivity index (χ1v) is 13.9. The number of fused-ring (bicyclic) bond motifs is 1. The molecule has 0 fully saturated rings. The van der Waals surface area contributed by atoms with Crippen molar-refractivity contribution in [1.82, 2.24) is 5.32 Å². The number of carbonyl (C=O) groups is 2. The van der Waals surface area contributed by atoms with Gasteiger partial charge in [-0.1, -0.05) is 37.6 Å². The number of carbonyl (C=O) groups excluding carboxylic acids is 1. The highest BCUT2D eigenvalue weighted by atomic mass is 32.1. The van der Waals surface area contributed by atoms with Gasteiger partial charge < -0.3 is 15.2 Å². The summed E-state index contributed by atoms with van der Waals surface area (Å²) in [4.78, 5) is 23.2. The van der Waals surface area contributed by atoms with E-state index in [-0.39, 0.29) is 30.2 Å². The number of nitrogens with one attached hydrogen (secondary N) is 1. The lowest BCUT2D eigenvalue weighted by atomic mass is 9.75. The molecule has 0 saturated carbocycles. The van der Waals surface area contributed by atoms with Gasteiger partial charge in [0.15, 0.2) is 0 Å². The Morgan fingerprint density at radius 1 is 1.07 bits per heavy atom. The van der Waals surface area contributed by atoms with Crippen molar-refractivity contribution in [3.05, 3.63) is 99.7 Å². The van der Waals surface area contributed by atoms with Gasteiger partial charge in [-0.05, 0) is 70.8 Å². The third kappa shape index (κ3) is 7.25. The van der Waals surface area contributed by atoms with Gasteiger partial charge in [0.25, 0.3) is 5.91 Å². The normalized spacial score (nSPS) is 12.9. The standard InChI is InChI=1S/C31H26F4N2O4S/c1-2-3-24(18-4-6-20(7-5-18)30(40)37-13-12-27(38)39)28(19-8-10-23(11-9-19)41-31(33,34)35)26-17-42-29-21(16-36)14-22(32)15-25(26)29/h4-11,14-15,17,24,28H,2-3,12-13H2,1H3,(H,37,40)(H,38,39)/t24-,28?/m1/s1. The Balaban J connectivity index is 1.79. The zero-order valence-electron chi connectivity index (χ0n) is 22.4. The average molecular weight is 599 g/mol. The number of hydrogen-bond donors (Lipinski definition) is 2. The van der Waals surface area contributed by atoms with Crippen LogP contribution in [0, 0.1) is 17.1 Å². The van der Waals surface area contributed by atoms with Crippen LogP contribution in [0.4, 0.5) is 17.6 Å². The maximum Gasteiger partial charge on any atom is 0.573 e. The van der Waals surface area contributed by atoms with Crippen molar-refractivity contribution >= 4 is 33.3 Å². The highest BCUT2D eigenvalue weighted by molar-refractivity contribution is 7.17. The molecule has 0 saturated heterocycles. The summed E-state index contributed by atoms with van der Waals surface area (Å²) in [7, 11) is 0. The molecular formula is C31H26F4N2O4S. The summed E-state index contributed by atoms with van der Waals surface area (Å²) < 4.78 is 57.7. The number of aliphatic carboxylic acids is 1. The number of carboxylic acids is 1. The quantitative estimate of drug-likeness (QED) is 0.172. The van der Waals surface area contributed by atoms with Gasteiger partial charge in [-0.25, -0.2) is 4.39 Å². The van der Waals surface area contributed by atoms with Gasteiger partial charge in [-0.2, -0.15) is 5.26 Å². The number of benzene rings is 3. The molecule has 4 aromatic rings. The van der Waals surface area contributed by atoms with Crippen LogP contribution in [0.5, 0.6) is 5.75 Å². The van der Waals surface area contributed by atoms with E-state index in [9.17, 15) is 32.4 Å². The van der Waals surface area contributed by atoms with E-state index in [1.165, 1.54) is 35.6 Å². The van der Waals surface area contributed by atoms with E-state index in [1.807, 2.05) is 18.4 Å². The molecule has 6 nitrogen and oxygen atoms in total. The molecule has 0 bridgehead atoms. The summed E-state index contributed by atoms with van der Waals surface area (Å²) in [5, 5.41) is 23.4. The molecule has 0 aliphatic heterocycles. The van der Waals surface area contributed by atoms with Crippen LogP contribution in [0.1, 0.15) is 70.6 Å². The van der Waals surface area contributed by atoms with Gasteiger partial charge in [-0.3, -0.25) is 9.59 Å². The molecule has 42 heavy (non-hydrogen) atoms. The largest absolute Gasteiger partial charge is 0.573 e. The van der Waals surface area contributed by atoms with Crippen LogP contribution in [0.2, 0.25) is 0 Å². The first-order chi connectivity index (χ1) is 20.0. The molecule has 2 N–H and O–H groups in total. The summed E-state index contributed by atoms with van der Waals surface area (Å²) in [5.41, 5.74) is 2.77. The molecule has 0 radical (unpaired) electrons. The molecule has 218 valence electrons. The highest BCUT2D eigenvalue weighted by Crippen LogP contribution is 2.46. The summed E-state index contributed by atoms with van der Waals surface area (Å²) in [5.74, 6) is -3.07. The van der Waals surface area contributed by atoms with Crippen molar-refractivity contribution in [1.29, 1.82) is 5.26 Å². The van der Waals surface area contributed by atoms with Crippen LogP contribution >= 0.6 is 11.3 Å². The van der Waals surface area contributed by atoms with Gasteiger partial charge in [0, 0.05) is 23.4 Å². The minimum absolute atomic E-state index is 0.0169. The van der Waals surface area contributed by atoms with E-state index in [0.717, 1.165) is 17.5 Å². The molecule has 1 heterocycles. The molecular weight excluding hydrogens is 572 g/mol. The molecule has 2 atom stereocenters. The Bertz CT molecular complexity index is 1610. The van der Waals surface area contributed by atoms with E-state index in [4.69, 9.17) is 5.11 Å². The predicted molar refractivity (Wildman–Crippen MR) is 150 cm³/mol. The molecule has 0 spiro atoms. The lowest BCUT2D eigenvalue weighted by molar-refractivity contribution is -0.274. The molecule has 3 aromatic carbocycles. The number of nitrogens with zero attached hydrogens (tertiary/aromatic N) is 1. The van der Waals surface area contributed by atoms with Crippen LogP contribution < -0.4 is 10.1 Å². The Kier molecular flexibility index (Phi) is 9.48. The Hall–Kier alpha value is -4.43. The molecule has 0 aliphatic carbocycles. The Morgan fingerprint density at radius 3 is 2.33 bits per heavy atom. The lowest BCUT2D eigenvalue weighted by Gasteiger charge is -2.29. The molecule has 1 aromatic heterocycles. The number of halogens is 4. The van der Waals surface area contributed by atoms with Crippen LogP contribution in [0.25, 0.3) is 10.1 Å². The van der Waals surface area contributed by atoms with Crippen molar-refractivity contribution in [3.8, 4) is 11.8 Å². The predicted octanol–water partition coefficient (Wildman–Crippen LogP) is 7.73. The lowest BCUT2D eigenvalue weighted by Crippen LogP contribution is -2.26. The highest BCUT2D eigenvalue weighted by Gasteiger charge is 2.32. The van der Waals surface area contributed by atoms with Crippen LogP contribution in [0.15, 0.2) is 66.0 Å². The minimum Gasteiger partial charge on any atom is -0.481 e. The summed E-state index contributed by atoms with van der Waals surface area (Å²) >= 11 is 1.30. The van der Waals surface area contributed by atoms with Crippen LogP contribution in [0.3, 0.4) is 0 Å². The number of hydrogen-bond acceptors (Lipinski definition) is 5. The van der Waals surface area contributed by atoms with E-state index < -0.39 is 30.0 Å². The first-order valence-electron chi connectivity index (χ1n) is 13.1. The van der Waals surface area contributed by atoms with Crippen LogP contribution in [-0.4, -0.2) is 29.9 Å². The maximum absolute atomic E-state index is 14.6. The molecule has 1 unspecified atom stereocenters. The van der Waals surface area contributed by atoms with E-state index in [2.05, 4.69) is 10.1 Å². The fraction of sp³-hybridized carbons (Fsp3) is 0.258. The second-order valence-electron chi connectivity index (χ2n) is 9.64. The topological polar surface area (TPSA) is 99.4 Å². The molecule has 11 heteroatoms. The number of amides is 1. The third-order valence-corrected chi connectivity index (χ3v) is 7.87.